The van der Waals surface area contributed by atoms with Crippen LogP contribution in [0.3, 0.4) is 0 Å². The number of nitrogen functional groups attached to an aromatic ring is 1. The summed E-state index contributed by atoms with van der Waals surface area (Å²) in [4.78, 5) is 1.09. The molecule has 0 unspecified atom stereocenters. The third-order valence-corrected chi connectivity index (χ3v) is 4.23. The molecule has 2 aromatic rings. The van der Waals surface area contributed by atoms with Crippen LogP contribution in [0.2, 0.25) is 0 Å². The van der Waals surface area contributed by atoms with Gasteiger partial charge in [0.15, 0.2) is 0 Å². The highest BCUT2D eigenvalue weighted by Crippen LogP contribution is 2.35. The number of halogens is 8. The Morgan fingerprint density at radius 3 is 2.19 bits per heavy atom. The number of nitrogens with zero attached hydrogens (tertiary/aromatic N) is 1. The maximum absolute atomic E-state index is 13.3. The van der Waals surface area contributed by atoms with Crippen molar-refractivity contribution < 1.29 is 30.7 Å². The number of hydrogen-bond donors (Lipinski definition) is 1. The third-order valence-electron chi connectivity index (χ3n) is 3.73. The van der Waals surface area contributed by atoms with E-state index >= 15 is 0 Å². The quantitative estimate of drug-likeness (QED) is 0.430. The van der Waals surface area contributed by atoms with Gasteiger partial charge in [-0.3, -0.25) is 0 Å². The molecular weight excluding hydrogens is 445 g/mol. The molecule has 0 bridgehead atoms. The van der Waals surface area contributed by atoms with Gasteiger partial charge in [0.2, 0.25) is 0 Å². The Balaban J connectivity index is 2.43. The summed E-state index contributed by atoms with van der Waals surface area (Å²) in [5.41, 5.74) is 4.49. The van der Waals surface area contributed by atoms with E-state index in [4.69, 9.17) is 5.73 Å². The zero-order valence-electron chi connectivity index (χ0n) is 13.6. The minimum Gasteiger partial charge on any atom is -0.397 e. The minimum atomic E-state index is -4.85. The summed E-state index contributed by atoms with van der Waals surface area (Å²) in [5.74, 6) is -1.09. The molecule has 2 N–H and O–H groups in total. The lowest BCUT2D eigenvalue weighted by Gasteiger charge is -2.28. The Bertz CT molecular complexity index is 803. The largest absolute Gasteiger partial charge is 0.416 e. The van der Waals surface area contributed by atoms with Gasteiger partial charge >= 0.3 is 12.4 Å². The van der Waals surface area contributed by atoms with Gasteiger partial charge in [0.05, 0.1) is 23.4 Å². The molecule has 0 aromatic heterocycles. The van der Waals surface area contributed by atoms with Crippen molar-refractivity contribution in [1.29, 1.82) is 0 Å². The lowest BCUT2D eigenvalue weighted by molar-refractivity contribution is -0.138. The molecule has 0 aliphatic carbocycles. The average molecular weight is 459 g/mol. The first-order valence-corrected chi connectivity index (χ1v) is 8.38. The summed E-state index contributed by atoms with van der Waals surface area (Å²) in [6.45, 7) is -1.12. The van der Waals surface area contributed by atoms with Crippen LogP contribution < -0.4 is 10.6 Å². The van der Waals surface area contributed by atoms with Crippen LogP contribution in [0, 0.1) is 5.82 Å². The summed E-state index contributed by atoms with van der Waals surface area (Å²) in [6, 6.07) is 6.42. The fraction of sp³-hybridized carbons (Fsp3) is 0.294. The van der Waals surface area contributed by atoms with Gasteiger partial charge < -0.3 is 10.6 Å². The molecule has 0 spiro atoms. The smallest absolute Gasteiger partial charge is 0.397 e. The summed E-state index contributed by atoms with van der Waals surface area (Å²) < 4.78 is 91.4. The molecular formula is C17H14BrF7N2. The normalized spacial score (nSPS) is 12.3. The second kappa shape index (κ2) is 7.95. The first-order valence-electron chi connectivity index (χ1n) is 7.59. The highest BCUT2D eigenvalue weighted by molar-refractivity contribution is 9.10. The zero-order chi connectivity index (χ0) is 20.4. The van der Waals surface area contributed by atoms with E-state index < -0.39 is 43.2 Å². The molecule has 0 radical (unpaired) electrons. The van der Waals surface area contributed by atoms with Crippen molar-refractivity contribution in [3.63, 3.8) is 0 Å². The van der Waals surface area contributed by atoms with E-state index in [0.29, 0.717) is 10.5 Å². The maximum atomic E-state index is 13.3. The van der Waals surface area contributed by atoms with Crippen molar-refractivity contribution in [3.8, 4) is 0 Å². The standard InChI is InChI=1S/C17H14BrF7N2/c18-11-2-4-15(14(26)7-11)27(6-5-16(20,21)22)9-10-1-3-12(19)8-13(10)17(23,24)25/h1-4,7-8H,5-6,9,26H2. The number of hydrogen-bond acceptors (Lipinski definition) is 2. The van der Waals surface area contributed by atoms with Crippen LogP contribution in [0.15, 0.2) is 40.9 Å². The number of alkyl halides is 6. The van der Waals surface area contributed by atoms with Crippen molar-refractivity contribution in [2.24, 2.45) is 0 Å². The summed E-state index contributed by atoms with van der Waals surface area (Å²) >= 11 is 3.16. The Hall–Kier alpha value is -1.97. The predicted octanol–water partition coefficient (Wildman–Crippen LogP) is 6.15. The van der Waals surface area contributed by atoms with Crippen LogP contribution in [-0.4, -0.2) is 12.7 Å². The van der Waals surface area contributed by atoms with E-state index in [1.165, 1.54) is 18.2 Å². The topological polar surface area (TPSA) is 29.3 Å². The van der Waals surface area contributed by atoms with E-state index in [0.717, 1.165) is 17.0 Å². The molecule has 0 aliphatic heterocycles. The van der Waals surface area contributed by atoms with Gasteiger partial charge in [-0.1, -0.05) is 22.0 Å². The summed E-state index contributed by atoms with van der Waals surface area (Å²) in [6.07, 6.45) is -10.6. The molecule has 2 aromatic carbocycles. The van der Waals surface area contributed by atoms with Gasteiger partial charge in [0.1, 0.15) is 5.82 Å². The Morgan fingerprint density at radius 1 is 0.963 bits per heavy atom. The van der Waals surface area contributed by atoms with Crippen molar-refractivity contribution in [3.05, 3.63) is 57.8 Å². The predicted molar refractivity (Wildman–Crippen MR) is 91.7 cm³/mol. The van der Waals surface area contributed by atoms with Crippen molar-refractivity contribution in [2.45, 2.75) is 25.3 Å². The second-order valence-corrected chi connectivity index (χ2v) is 6.70. The second-order valence-electron chi connectivity index (χ2n) is 5.79. The van der Waals surface area contributed by atoms with Crippen LogP contribution in [0.4, 0.5) is 42.1 Å². The fourth-order valence-electron chi connectivity index (χ4n) is 2.52. The molecule has 0 heterocycles. The lowest BCUT2D eigenvalue weighted by Crippen LogP contribution is -2.29. The Kier molecular flexibility index (Phi) is 6.28. The molecule has 2 nitrogen and oxygen atoms in total. The lowest BCUT2D eigenvalue weighted by atomic mass is 10.1. The molecule has 0 atom stereocenters. The van der Waals surface area contributed by atoms with Gasteiger partial charge in [0.25, 0.3) is 0 Å². The molecule has 0 saturated carbocycles. The van der Waals surface area contributed by atoms with Crippen LogP contribution in [-0.2, 0) is 12.7 Å². The van der Waals surface area contributed by atoms with E-state index in [1.54, 1.807) is 0 Å². The number of rotatable bonds is 5. The van der Waals surface area contributed by atoms with Crippen LogP contribution in [0.5, 0.6) is 0 Å². The van der Waals surface area contributed by atoms with Crippen LogP contribution >= 0.6 is 15.9 Å². The number of nitrogens with two attached hydrogens (primary N) is 1. The highest BCUT2D eigenvalue weighted by Gasteiger charge is 2.35. The average Bonchev–Trinajstić information content (AvgIpc) is 2.51. The van der Waals surface area contributed by atoms with E-state index in [-0.39, 0.29) is 16.9 Å². The van der Waals surface area contributed by atoms with Gasteiger partial charge in [0, 0.05) is 17.6 Å². The van der Waals surface area contributed by atoms with Crippen molar-refractivity contribution in [1.82, 2.24) is 0 Å². The maximum Gasteiger partial charge on any atom is 0.416 e. The van der Waals surface area contributed by atoms with Crippen molar-refractivity contribution in [2.75, 3.05) is 17.2 Å². The highest BCUT2D eigenvalue weighted by atomic mass is 79.9. The SMILES string of the molecule is Nc1cc(Br)ccc1N(CCC(F)(F)F)Cc1ccc(F)cc1C(F)(F)F. The molecule has 10 heteroatoms. The molecule has 2 rings (SSSR count). The van der Waals surface area contributed by atoms with Gasteiger partial charge in [-0.15, -0.1) is 0 Å². The monoisotopic (exact) mass is 458 g/mol. The number of benzene rings is 2. The van der Waals surface area contributed by atoms with Gasteiger partial charge in [-0.2, -0.15) is 26.3 Å². The van der Waals surface area contributed by atoms with Gasteiger partial charge in [-0.05, 0) is 35.9 Å². The van der Waals surface area contributed by atoms with Gasteiger partial charge in [-0.25, -0.2) is 4.39 Å². The molecule has 0 amide bonds. The Labute approximate surface area is 158 Å². The minimum absolute atomic E-state index is 0.0993. The summed E-state index contributed by atoms with van der Waals surface area (Å²) in [7, 11) is 0. The van der Waals surface area contributed by atoms with Crippen molar-refractivity contribution >= 4 is 27.3 Å². The van der Waals surface area contributed by atoms with Crippen LogP contribution in [0.25, 0.3) is 0 Å². The first-order chi connectivity index (χ1) is 12.4. The van der Waals surface area contributed by atoms with E-state index in [9.17, 15) is 30.7 Å². The van der Waals surface area contributed by atoms with Crippen LogP contribution in [0.1, 0.15) is 17.5 Å². The van der Waals surface area contributed by atoms with E-state index in [2.05, 4.69) is 15.9 Å². The molecule has 148 valence electrons. The van der Waals surface area contributed by atoms with E-state index in [1.807, 2.05) is 0 Å². The first kappa shape index (κ1) is 21.3. The Morgan fingerprint density at radius 2 is 1.63 bits per heavy atom. The molecule has 0 saturated heterocycles. The molecule has 27 heavy (non-hydrogen) atoms. The third kappa shape index (κ3) is 6.02. The number of anilines is 2. The fourth-order valence-corrected chi connectivity index (χ4v) is 2.89. The zero-order valence-corrected chi connectivity index (χ0v) is 15.2. The molecule has 0 aliphatic rings. The summed E-state index contributed by atoms with van der Waals surface area (Å²) in [5, 5.41) is 0. The molecule has 0 fully saturated rings.